The van der Waals surface area contributed by atoms with E-state index < -0.39 is 0 Å². The Kier molecular flexibility index (Phi) is 9.40. The molecule has 0 heterocycles. The fourth-order valence-electron chi connectivity index (χ4n) is 2.87. The maximum absolute atomic E-state index is 3.76. The smallest absolute Gasteiger partial charge is 0.0110 e. The first kappa shape index (κ1) is 17.2. The first-order valence-electron chi connectivity index (χ1n) is 8.57. The molecular weight excluding hydrogens is 242 g/mol. The van der Waals surface area contributed by atoms with Crippen LogP contribution in [0.4, 0.5) is 0 Å². The zero-order valence-corrected chi connectivity index (χ0v) is 13.7. The quantitative estimate of drug-likeness (QED) is 0.585. The van der Waals surface area contributed by atoms with Gasteiger partial charge in [0, 0.05) is 6.04 Å². The lowest BCUT2D eigenvalue weighted by Crippen LogP contribution is -2.33. The first-order valence-corrected chi connectivity index (χ1v) is 8.57. The Morgan fingerprint density at radius 2 is 1.75 bits per heavy atom. The minimum atomic E-state index is 0.638. The number of nitrogens with one attached hydrogen (secondary N) is 1. The van der Waals surface area contributed by atoms with Gasteiger partial charge >= 0.3 is 0 Å². The zero-order chi connectivity index (χ0) is 14.6. The molecule has 1 rings (SSSR count). The molecule has 0 bridgehead atoms. The van der Waals surface area contributed by atoms with Crippen molar-refractivity contribution in [3.8, 4) is 0 Å². The Balaban J connectivity index is 2.53. The highest BCUT2D eigenvalue weighted by atomic mass is 14.9. The third-order valence-corrected chi connectivity index (χ3v) is 4.17. The predicted octanol–water partition coefficient (Wildman–Crippen LogP) is 5.20. The summed E-state index contributed by atoms with van der Waals surface area (Å²) in [4.78, 5) is 0. The maximum Gasteiger partial charge on any atom is 0.0110 e. The molecule has 1 heteroatoms. The molecule has 0 radical (unpaired) electrons. The van der Waals surface area contributed by atoms with Gasteiger partial charge in [0.1, 0.15) is 0 Å². The van der Waals surface area contributed by atoms with E-state index in [4.69, 9.17) is 0 Å². The number of rotatable bonds is 11. The minimum Gasteiger partial charge on any atom is -0.314 e. The third-order valence-electron chi connectivity index (χ3n) is 4.17. The summed E-state index contributed by atoms with van der Waals surface area (Å²) in [7, 11) is 0. The molecule has 0 spiro atoms. The van der Waals surface area contributed by atoms with Gasteiger partial charge in [0.15, 0.2) is 0 Å². The summed E-state index contributed by atoms with van der Waals surface area (Å²) in [6.07, 6.45) is 9.13. The summed E-state index contributed by atoms with van der Waals surface area (Å²) in [5.74, 6) is 0.882. The molecule has 0 saturated carbocycles. The Labute approximate surface area is 126 Å². The number of hydrogen-bond acceptors (Lipinski definition) is 1. The molecular formula is C19H33N. The van der Waals surface area contributed by atoms with Gasteiger partial charge in [0.25, 0.3) is 0 Å². The van der Waals surface area contributed by atoms with Crippen molar-refractivity contribution in [3.63, 3.8) is 0 Å². The maximum atomic E-state index is 3.76. The topological polar surface area (TPSA) is 12.0 Å². The van der Waals surface area contributed by atoms with Crippen molar-refractivity contribution in [1.82, 2.24) is 5.32 Å². The molecule has 114 valence electrons. The van der Waals surface area contributed by atoms with Crippen LogP contribution < -0.4 is 5.32 Å². The van der Waals surface area contributed by atoms with Crippen molar-refractivity contribution in [2.45, 2.75) is 71.8 Å². The van der Waals surface area contributed by atoms with Gasteiger partial charge < -0.3 is 5.32 Å². The van der Waals surface area contributed by atoms with E-state index in [0.29, 0.717) is 6.04 Å². The van der Waals surface area contributed by atoms with Crippen molar-refractivity contribution >= 4 is 0 Å². The van der Waals surface area contributed by atoms with Crippen LogP contribution in [0.3, 0.4) is 0 Å². The molecule has 1 nitrogen and oxygen atoms in total. The zero-order valence-electron chi connectivity index (χ0n) is 13.7. The second kappa shape index (κ2) is 10.9. The van der Waals surface area contributed by atoms with Crippen LogP contribution in [0.25, 0.3) is 0 Å². The highest BCUT2D eigenvalue weighted by Crippen LogP contribution is 2.20. The van der Waals surface area contributed by atoms with Gasteiger partial charge in [0.05, 0.1) is 0 Å². The molecule has 1 aromatic rings. The van der Waals surface area contributed by atoms with Crippen molar-refractivity contribution in [1.29, 1.82) is 0 Å². The summed E-state index contributed by atoms with van der Waals surface area (Å²) in [5, 5.41) is 3.76. The van der Waals surface area contributed by atoms with Crippen LogP contribution in [0, 0.1) is 5.92 Å². The summed E-state index contributed by atoms with van der Waals surface area (Å²) >= 11 is 0. The molecule has 0 fully saturated rings. The monoisotopic (exact) mass is 275 g/mol. The van der Waals surface area contributed by atoms with Gasteiger partial charge in [-0.15, -0.1) is 0 Å². The summed E-state index contributed by atoms with van der Waals surface area (Å²) in [6, 6.07) is 11.6. The van der Waals surface area contributed by atoms with E-state index in [2.05, 4.69) is 56.4 Å². The van der Waals surface area contributed by atoms with Crippen molar-refractivity contribution in [3.05, 3.63) is 35.9 Å². The SMILES string of the molecule is CCCCC(CC)CC(Cc1ccccc1)NCCC. The second-order valence-electron chi connectivity index (χ2n) is 5.99. The van der Waals surface area contributed by atoms with Crippen LogP contribution in [0.2, 0.25) is 0 Å². The lowest BCUT2D eigenvalue weighted by atomic mass is 9.89. The van der Waals surface area contributed by atoms with Crippen LogP contribution in [0.5, 0.6) is 0 Å². The van der Waals surface area contributed by atoms with Gasteiger partial charge in [0.2, 0.25) is 0 Å². The lowest BCUT2D eigenvalue weighted by molar-refractivity contribution is 0.347. The highest BCUT2D eigenvalue weighted by Gasteiger charge is 2.15. The van der Waals surface area contributed by atoms with Gasteiger partial charge in [-0.3, -0.25) is 0 Å². The van der Waals surface area contributed by atoms with Crippen LogP contribution >= 0.6 is 0 Å². The van der Waals surface area contributed by atoms with Gasteiger partial charge in [-0.25, -0.2) is 0 Å². The molecule has 0 aliphatic carbocycles. The molecule has 20 heavy (non-hydrogen) atoms. The largest absolute Gasteiger partial charge is 0.314 e. The van der Waals surface area contributed by atoms with E-state index in [1.165, 1.54) is 50.5 Å². The summed E-state index contributed by atoms with van der Waals surface area (Å²) in [5.41, 5.74) is 1.46. The number of unbranched alkanes of at least 4 members (excludes halogenated alkanes) is 1. The van der Waals surface area contributed by atoms with E-state index in [-0.39, 0.29) is 0 Å². The van der Waals surface area contributed by atoms with Gasteiger partial charge in [-0.05, 0) is 37.3 Å². The van der Waals surface area contributed by atoms with E-state index >= 15 is 0 Å². The Morgan fingerprint density at radius 3 is 2.35 bits per heavy atom. The van der Waals surface area contributed by atoms with E-state index in [9.17, 15) is 0 Å². The first-order chi connectivity index (χ1) is 9.80. The molecule has 0 aromatic heterocycles. The van der Waals surface area contributed by atoms with Gasteiger partial charge in [-0.1, -0.05) is 76.8 Å². The molecule has 2 unspecified atom stereocenters. The van der Waals surface area contributed by atoms with Crippen molar-refractivity contribution in [2.75, 3.05) is 6.54 Å². The molecule has 1 N–H and O–H groups in total. The normalized spacial score (nSPS) is 14.2. The standard InChI is InChI=1S/C19H33N/c1-4-7-11-17(6-3)15-19(20-14-5-2)16-18-12-9-8-10-13-18/h8-10,12-13,17,19-20H,4-7,11,14-16H2,1-3H3. The highest BCUT2D eigenvalue weighted by molar-refractivity contribution is 5.15. The van der Waals surface area contributed by atoms with Crippen LogP contribution in [0.15, 0.2) is 30.3 Å². The van der Waals surface area contributed by atoms with Crippen molar-refractivity contribution < 1.29 is 0 Å². The van der Waals surface area contributed by atoms with Gasteiger partial charge in [-0.2, -0.15) is 0 Å². The van der Waals surface area contributed by atoms with Crippen LogP contribution in [-0.2, 0) is 6.42 Å². The average molecular weight is 275 g/mol. The van der Waals surface area contributed by atoms with Crippen LogP contribution in [0.1, 0.15) is 64.9 Å². The predicted molar refractivity (Wildman–Crippen MR) is 90.2 cm³/mol. The Bertz CT molecular complexity index is 320. The third kappa shape index (κ3) is 7.09. The molecule has 0 amide bonds. The van der Waals surface area contributed by atoms with E-state index in [1.807, 2.05) is 0 Å². The average Bonchev–Trinajstić information content (AvgIpc) is 2.49. The molecule has 0 aliphatic heterocycles. The molecule has 0 aliphatic rings. The summed E-state index contributed by atoms with van der Waals surface area (Å²) < 4.78 is 0. The molecule has 1 aromatic carbocycles. The Hall–Kier alpha value is -0.820. The number of hydrogen-bond donors (Lipinski definition) is 1. The lowest BCUT2D eigenvalue weighted by Gasteiger charge is -2.24. The fourth-order valence-corrected chi connectivity index (χ4v) is 2.87. The molecule has 0 saturated heterocycles. The van der Waals surface area contributed by atoms with Crippen LogP contribution in [-0.4, -0.2) is 12.6 Å². The number of benzene rings is 1. The Morgan fingerprint density at radius 1 is 1.00 bits per heavy atom. The van der Waals surface area contributed by atoms with E-state index in [0.717, 1.165) is 12.5 Å². The summed E-state index contributed by atoms with van der Waals surface area (Å²) in [6.45, 7) is 8.03. The molecule has 2 atom stereocenters. The second-order valence-corrected chi connectivity index (χ2v) is 5.99. The minimum absolute atomic E-state index is 0.638. The van der Waals surface area contributed by atoms with E-state index in [1.54, 1.807) is 0 Å². The fraction of sp³-hybridized carbons (Fsp3) is 0.684. The van der Waals surface area contributed by atoms with Crippen molar-refractivity contribution in [2.24, 2.45) is 5.92 Å².